The number of likely N-dealkylation sites (tertiary alicyclic amines) is 1. The number of rotatable bonds is 7. The summed E-state index contributed by atoms with van der Waals surface area (Å²) in [5.74, 6) is -0.281. The van der Waals surface area contributed by atoms with E-state index in [0.29, 0.717) is 19.1 Å². The fourth-order valence-electron chi connectivity index (χ4n) is 3.02. The predicted molar refractivity (Wildman–Crippen MR) is 90.8 cm³/mol. The van der Waals surface area contributed by atoms with E-state index in [4.69, 9.17) is 0 Å². The van der Waals surface area contributed by atoms with Gasteiger partial charge in [-0.3, -0.25) is 0 Å². The molecule has 0 aromatic heterocycles. The van der Waals surface area contributed by atoms with E-state index < -0.39 is 0 Å². The quantitative estimate of drug-likeness (QED) is 0.757. The normalized spacial score (nSPS) is 18.6. The molecule has 2 N–H and O–H groups in total. The fraction of sp³-hybridized carbons (Fsp3) is 0.611. The Labute approximate surface area is 138 Å². The number of hydrogen-bond donors (Lipinski definition) is 2. The van der Waals surface area contributed by atoms with E-state index in [1.165, 1.54) is 37.9 Å². The standard InChI is InChI=1S/C18H28FN3O/c1-15-7-2-4-11-22(15)12-5-3-10-20-18(23)21-14-16-8-6-9-17(19)13-16/h6,8-9,13,15H,2-5,7,10-12,14H2,1H3,(H2,20,21,23). The van der Waals surface area contributed by atoms with Gasteiger partial charge in [0, 0.05) is 19.1 Å². The van der Waals surface area contributed by atoms with Crippen molar-refractivity contribution in [1.82, 2.24) is 15.5 Å². The minimum absolute atomic E-state index is 0.194. The van der Waals surface area contributed by atoms with Crippen LogP contribution in [0.2, 0.25) is 0 Å². The van der Waals surface area contributed by atoms with Gasteiger partial charge in [0.2, 0.25) is 0 Å². The smallest absolute Gasteiger partial charge is 0.315 e. The third-order valence-electron chi connectivity index (χ3n) is 4.44. The summed E-state index contributed by atoms with van der Waals surface area (Å²) in [7, 11) is 0. The molecule has 1 aromatic rings. The van der Waals surface area contributed by atoms with E-state index in [-0.39, 0.29) is 11.8 Å². The van der Waals surface area contributed by atoms with Gasteiger partial charge in [0.15, 0.2) is 0 Å². The van der Waals surface area contributed by atoms with Gasteiger partial charge in [-0.05, 0) is 63.4 Å². The first-order valence-corrected chi connectivity index (χ1v) is 8.65. The maximum Gasteiger partial charge on any atom is 0.315 e. The topological polar surface area (TPSA) is 44.4 Å². The zero-order valence-electron chi connectivity index (χ0n) is 14.0. The molecule has 1 aliphatic heterocycles. The van der Waals surface area contributed by atoms with Crippen LogP contribution in [-0.2, 0) is 6.54 Å². The number of urea groups is 1. The predicted octanol–water partition coefficient (Wildman–Crippen LogP) is 3.28. The molecule has 0 aliphatic carbocycles. The lowest BCUT2D eigenvalue weighted by Crippen LogP contribution is -2.38. The summed E-state index contributed by atoms with van der Waals surface area (Å²) in [5.41, 5.74) is 0.763. The van der Waals surface area contributed by atoms with E-state index >= 15 is 0 Å². The Bertz CT molecular complexity index is 495. The lowest BCUT2D eigenvalue weighted by molar-refractivity contribution is 0.158. The summed E-state index contributed by atoms with van der Waals surface area (Å²) in [6, 6.07) is 6.77. The number of carbonyl (C=O) groups is 1. The lowest BCUT2D eigenvalue weighted by atomic mass is 10.0. The number of nitrogens with zero attached hydrogens (tertiary/aromatic N) is 1. The second-order valence-electron chi connectivity index (χ2n) is 6.33. The van der Waals surface area contributed by atoms with Gasteiger partial charge in [0.25, 0.3) is 0 Å². The molecule has 1 heterocycles. The fourth-order valence-corrected chi connectivity index (χ4v) is 3.02. The van der Waals surface area contributed by atoms with E-state index in [0.717, 1.165) is 24.9 Å². The van der Waals surface area contributed by atoms with Crippen molar-refractivity contribution < 1.29 is 9.18 Å². The lowest BCUT2D eigenvalue weighted by Gasteiger charge is -2.33. The molecule has 1 fully saturated rings. The van der Waals surface area contributed by atoms with Gasteiger partial charge in [0.05, 0.1) is 0 Å². The molecule has 2 amide bonds. The van der Waals surface area contributed by atoms with Crippen LogP contribution in [-0.4, -0.2) is 36.6 Å². The Hall–Kier alpha value is -1.62. The van der Waals surface area contributed by atoms with Gasteiger partial charge in [-0.25, -0.2) is 9.18 Å². The molecule has 23 heavy (non-hydrogen) atoms. The Morgan fingerprint density at radius 3 is 2.96 bits per heavy atom. The number of nitrogens with one attached hydrogen (secondary N) is 2. The second kappa shape index (κ2) is 9.50. The van der Waals surface area contributed by atoms with Crippen molar-refractivity contribution in [1.29, 1.82) is 0 Å². The van der Waals surface area contributed by atoms with Gasteiger partial charge >= 0.3 is 6.03 Å². The van der Waals surface area contributed by atoms with Crippen molar-refractivity contribution in [2.75, 3.05) is 19.6 Å². The Morgan fingerprint density at radius 1 is 1.30 bits per heavy atom. The van der Waals surface area contributed by atoms with Crippen molar-refractivity contribution in [2.24, 2.45) is 0 Å². The van der Waals surface area contributed by atoms with Gasteiger partial charge in [-0.1, -0.05) is 18.6 Å². The Kier molecular flexibility index (Phi) is 7.33. The molecule has 2 rings (SSSR count). The Balaban J connectivity index is 1.53. The van der Waals surface area contributed by atoms with Crippen LogP contribution in [0.5, 0.6) is 0 Å². The summed E-state index contributed by atoms with van der Waals surface area (Å²) >= 11 is 0. The number of unbranched alkanes of at least 4 members (excludes halogenated alkanes) is 1. The number of benzene rings is 1. The molecule has 0 radical (unpaired) electrons. The summed E-state index contributed by atoms with van der Waals surface area (Å²) in [6.07, 6.45) is 6.06. The molecular weight excluding hydrogens is 293 g/mol. The van der Waals surface area contributed by atoms with Gasteiger partial charge < -0.3 is 15.5 Å². The summed E-state index contributed by atoms with van der Waals surface area (Å²) in [5, 5.41) is 5.60. The molecule has 1 atom stereocenters. The monoisotopic (exact) mass is 321 g/mol. The largest absolute Gasteiger partial charge is 0.338 e. The van der Waals surface area contributed by atoms with Gasteiger partial charge in [0.1, 0.15) is 5.82 Å². The highest BCUT2D eigenvalue weighted by Crippen LogP contribution is 2.16. The molecule has 5 heteroatoms. The van der Waals surface area contributed by atoms with Crippen LogP contribution in [0.4, 0.5) is 9.18 Å². The van der Waals surface area contributed by atoms with Crippen LogP contribution >= 0.6 is 0 Å². The molecule has 0 bridgehead atoms. The van der Waals surface area contributed by atoms with Gasteiger partial charge in [-0.2, -0.15) is 0 Å². The van der Waals surface area contributed by atoms with Crippen molar-refractivity contribution >= 4 is 6.03 Å². The molecule has 0 saturated carbocycles. The highest BCUT2D eigenvalue weighted by molar-refractivity contribution is 5.73. The highest BCUT2D eigenvalue weighted by Gasteiger charge is 2.16. The number of carbonyl (C=O) groups excluding carboxylic acids is 1. The molecule has 0 spiro atoms. The zero-order chi connectivity index (χ0) is 16.5. The molecular formula is C18H28FN3O. The summed E-state index contributed by atoms with van der Waals surface area (Å²) in [6.45, 7) is 5.65. The first-order chi connectivity index (χ1) is 11.1. The molecule has 1 aliphatic rings. The van der Waals surface area contributed by atoms with Gasteiger partial charge in [-0.15, -0.1) is 0 Å². The first kappa shape index (κ1) is 17.7. The van der Waals surface area contributed by atoms with E-state index in [1.807, 2.05) is 0 Å². The number of hydrogen-bond acceptors (Lipinski definition) is 2. The minimum Gasteiger partial charge on any atom is -0.338 e. The molecule has 4 nitrogen and oxygen atoms in total. The average Bonchev–Trinajstić information content (AvgIpc) is 2.54. The SMILES string of the molecule is CC1CCCCN1CCCCNC(=O)NCc1cccc(F)c1. The Morgan fingerprint density at radius 2 is 2.17 bits per heavy atom. The number of piperidine rings is 1. The number of halogens is 1. The van der Waals surface area contributed by atoms with Crippen molar-refractivity contribution in [3.05, 3.63) is 35.6 Å². The summed E-state index contributed by atoms with van der Waals surface area (Å²) in [4.78, 5) is 14.2. The average molecular weight is 321 g/mol. The van der Waals surface area contributed by atoms with Crippen LogP contribution in [0.15, 0.2) is 24.3 Å². The summed E-state index contributed by atoms with van der Waals surface area (Å²) < 4.78 is 13.0. The second-order valence-corrected chi connectivity index (χ2v) is 6.33. The van der Waals surface area contributed by atoms with Crippen LogP contribution in [0.25, 0.3) is 0 Å². The van der Waals surface area contributed by atoms with E-state index in [2.05, 4.69) is 22.5 Å². The third-order valence-corrected chi connectivity index (χ3v) is 4.44. The van der Waals surface area contributed by atoms with Crippen LogP contribution in [0, 0.1) is 5.82 Å². The maximum atomic E-state index is 13.0. The molecule has 1 saturated heterocycles. The highest BCUT2D eigenvalue weighted by atomic mass is 19.1. The van der Waals surface area contributed by atoms with E-state index in [1.54, 1.807) is 12.1 Å². The molecule has 1 aromatic carbocycles. The first-order valence-electron chi connectivity index (χ1n) is 8.65. The maximum absolute atomic E-state index is 13.0. The zero-order valence-corrected chi connectivity index (χ0v) is 14.0. The van der Waals surface area contributed by atoms with Crippen molar-refractivity contribution in [3.63, 3.8) is 0 Å². The van der Waals surface area contributed by atoms with Crippen molar-refractivity contribution in [3.8, 4) is 0 Å². The third kappa shape index (κ3) is 6.57. The number of amides is 2. The minimum atomic E-state index is -0.281. The van der Waals surface area contributed by atoms with Crippen LogP contribution in [0.3, 0.4) is 0 Å². The van der Waals surface area contributed by atoms with Crippen LogP contribution < -0.4 is 10.6 Å². The van der Waals surface area contributed by atoms with Crippen molar-refractivity contribution in [2.45, 2.75) is 51.6 Å². The molecule has 1 unspecified atom stereocenters. The van der Waals surface area contributed by atoms with Crippen LogP contribution in [0.1, 0.15) is 44.6 Å². The molecule has 128 valence electrons. The van der Waals surface area contributed by atoms with E-state index in [9.17, 15) is 9.18 Å².